The number of hydrogen-bond acceptors (Lipinski definition) is 6. The van der Waals surface area contributed by atoms with E-state index in [4.69, 9.17) is 18.9 Å². The number of ether oxygens (including phenoxy) is 4. The van der Waals surface area contributed by atoms with Gasteiger partial charge in [0.15, 0.2) is 5.67 Å². The van der Waals surface area contributed by atoms with Crippen LogP contribution in [0.2, 0.25) is 0 Å². The number of hydrogen-bond donors (Lipinski definition) is 0. The van der Waals surface area contributed by atoms with E-state index < -0.39 is 23.0 Å². The fraction of sp³-hybridized carbons (Fsp3) is 0.212. The minimum atomic E-state index is -2.66. The summed E-state index contributed by atoms with van der Waals surface area (Å²) in [6.45, 7) is 4.50. The minimum absolute atomic E-state index is 0.0755. The standard InChI is InChI=1S/C33H31FO6/c1-5-33(34,27-15-14-25-8-6-7-9-26(25)20-27)32(2,30(35)39-21-23-10-16-28(37-3)17-11-23)31(36)40-22-24-12-18-29(38-4)19-13-24/h5-20H,1,21-22H2,2-4H3/t33-/m1/s1. The number of alkyl halides is 1. The molecule has 0 aromatic heterocycles. The van der Waals surface area contributed by atoms with E-state index >= 15 is 4.39 Å². The number of methoxy groups -OCH3 is 2. The molecule has 0 heterocycles. The minimum Gasteiger partial charge on any atom is -0.497 e. The van der Waals surface area contributed by atoms with Crippen molar-refractivity contribution < 1.29 is 32.9 Å². The smallest absolute Gasteiger partial charge is 0.327 e. The van der Waals surface area contributed by atoms with Crippen LogP contribution in [0.4, 0.5) is 4.39 Å². The molecule has 7 heteroatoms. The van der Waals surface area contributed by atoms with E-state index in [0.717, 1.165) is 16.8 Å². The molecule has 0 N–H and O–H groups in total. The maximum absolute atomic E-state index is 17.2. The molecular weight excluding hydrogens is 511 g/mol. The highest BCUT2D eigenvalue weighted by molar-refractivity contribution is 6.02. The first-order chi connectivity index (χ1) is 19.2. The molecule has 0 saturated carbocycles. The maximum atomic E-state index is 17.2. The van der Waals surface area contributed by atoms with Crippen LogP contribution in [0.5, 0.6) is 11.5 Å². The summed E-state index contributed by atoms with van der Waals surface area (Å²) in [6, 6.07) is 26.0. The molecule has 206 valence electrons. The van der Waals surface area contributed by atoms with Crippen LogP contribution in [0.3, 0.4) is 0 Å². The fourth-order valence-electron chi connectivity index (χ4n) is 4.44. The molecule has 4 aromatic rings. The predicted octanol–water partition coefficient (Wildman–Crippen LogP) is 6.70. The topological polar surface area (TPSA) is 71.1 Å². The lowest BCUT2D eigenvalue weighted by molar-refractivity contribution is -0.183. The Morgan fingerprint density at radius 2 is 1.23 bits per heavy atom. The molecule has 0 aliphatic carbocycles. The van der Waals surface area contributed by atoms with E-state index in [1.165, 1.54) is 13.0 Å². The largest absolute Gasteiger partial charge is 0.497 e. The number of rotatable bonds is 11. The van der Waals surface area contributed by atoms with Crippen LogP contribution in [0, 0.1) is 5.41 Å². The first-order valence-corrected chi connectivity index (χ1v) is 12.7. The molecule has 0 aliphatic rings. The lowest BCUT2D eigenvalue weighted by Crippen LogP contribution is -2.52. The van der Waals surface area contributed by atoms with E-state index in [-0.39, 0.29) is 18.8 Å². The Morgan fingerprint density at radius 3 is 1.68 bits per heavy atom. The zero-order valence-electron chi connectivity index (χ0n) is 22.7. The predicted molar refractivity (Wildman–Crippen MR) is 151 cm³/mol. The zero-order chi connectivity index (χ0) is 28.8. The van der Waals surface area contributed by atoms with Crippen LogP contribution in [-0.2, 0) is 37.9 Å². The lowest BCUT2D eigenvalue weighted by atomic mass is 9.70. The number of fused-ring (bicyclic) bond motifs is 1. The van der Waals surface area contributed by atoms with Gasteiger partial charge in [-0.15, -0.1) is 0 Å². The van der Waals surface area contributed by atoms with Crippen LogP contribution in [-0.4, -0.2) is 26.2 Å². The number of carbonyl (C=O) groups excluding carboxylic acids is 2. The fourth-order valence-corrected chi connectivity index (χ4v) is 4.44. The Bertz CT molecular complexity index is 1430. The van der Waals surface area contributed by atoms with Crippen LogP contribution in [0.1, 0.15) is 23.6 Å². The van der Waals surface area contributed by atoms with Crippen molar-refractivity contribution in [1.29, 1.82) is 0 Å². The summed E-state index contributed by atoms with van der Waals surface area (Å²) in [4.78, 5) is 27.4. The van der Waals surface area contributed by atoms with Gasteiger partial charge in [0, 0.05) is 0 Å². The second-order valence-electron chi connectivity index (χ2n) is 9.45. The molecule has 4 rings (SSSR count). The molecule has 6 nitrogen and oxygen atoms in total. The van der Waals surface area contributed by atoms with Gasteiger partial charge >= 0.3 is 11.9 Å². The van der Waals surface area contributed by atoms with Gasteiger partial charge in [-0.3, -0.25) is 9.59 Å². The molecule has 0 fully saturated rings. The summed E-state index contributed by atoms with van der Waals surface area (Å²) in [5.41, 5.74) is -3.73. The zero-order valence-corrected chi connectivity index (χ0v) is 22.7. The summed E-state index contributed by atoms with van der Waals surface area (Å²) < 4.78 is 38.6. The van der Waals surface area contributed by atoms with Crippen LogP contribution in [0.15, 0.2) is 104 Å². The Balaban J connectivity index is 1.68. The Labute approximate surface area is 232 Å². The van der Waals surface area contributed by atoms with Crippen molar-refractivity contribution in [1.82, 2.24) is 0 Å². The SMILES string of the molecule is C=C[C@@](F)(c1ccc2ccccc2c1)C(C)(C(=O)OCc1ccc(OC)cc1)C(=O)OCc1ccc(OC)cc1. The molecule has 4 aromatic carbocycles. The van der Waals surface area contributed by atoms with E-state index in [1.807, 2.05) is 24.3 Å². The van der Waals surface area contributed by atoms with E-state index in [0.29, 0.717) is 22.6 Å². The van der Waals surface area contributed by atoms with Crippen molar-refractivity contribution >= 4 is 22.7 Å². The third-order valence-electron chi connectivity index (χ3n) is 7.05. The van der Waals surface area contributed by atoms with Gasteiger partial charge in [-0.2, -0.15) is 0 Å². The summed E-state index contributed by atoms with van der Waals surface area (Å²) in [5, 5.41) is 1.62. The number of carbonyl (C=O) groups is 2. The van der Waals surface area contributed by atoms with Gasteiger partial charge in [0.2, 0.25) is 5.41 Å². The van der Waals surface area contributed by atoms with Gasteiger partial charge in [-0.05, 0) is 70.8 Å². The average Bonchev–Trinajstić information content (AvgIpc) is 3.01. The number of benzene rings is 4. The Morgan fingerprint density at radius 1 is 0.750 bits per heavy atom. The van der Waals surface area contributed by atoms with Crippen molar-refractivity contribution in [2.24, 2.45) is 5.41 Å². The molecule has 0 saturated heterocycles. The van der Waals surface area contributed by atoms with E-state index in [2.05, 4.69) is 6.58 Å². The van der Waals surface area contributed by atoms with E-state index in [9.17, 15) is 9.59 Å². The lowest BCUT2D eigenvalue weighted by Gasteiger charge is -2.37. The highest BCUT2D eigenvalue weighted by Crippen LogP contribution is 2.47. The number of esters is 2. The van der Waals surface area contributed by atoms with Crippen molar-refractivity contribution in [2.45, 2.75) is 25.8 Å². The maximum Gasteiger partial charge on any atom is 0.327 e. The van der Waals surface area contributed by atoms with Crippen LogP contribution >= 0.6 is 0 Å². The molecule has 40 heavy (non-hydrogen) atoms. The highest BCUT2D eigenvalue weighted by atomic mass is 19.1. The van der Waals surface area contributed by atoms with Gasteiger partial charge in [0.1, 0.15) is 24.7 Å². The molecule has 0 radical (unpaired) electrons. The van der Waals surface area contributed by atoms with E-state index in [1.54, 1.807) is 74.9 Å². The van der Waals surface area contributed by atoms with Gasteiger partial charge in [0.25, 0.3) is 0 Å². The van der Waals surface area contributed by atoms with Gasteiger partial charge < -0.3 is 18.9 Å². The van der Waals surface area contributed by atoms with Crippen molar-refractivity contribution in [2.75, 3.05) is 14.2 Å². The molecule has 0 aliphatic heterocycles. The molecule has 0 spiro atoms. The molecule has 0 bridgehead atoms. The highest BCUT2D eigenvalue weighted by Gasteiger charge is 2.61. The first-order valence-electron chi connectivity index (χ1n) is 12.7. The molecule has 0 amide bonds. The van der Waals surface area contributed by atoms with Crippen molar-refractivity contribution in [3.8, 4) is 11.5 Å². The Hall–Kier alpha value is -4.65. The molecule has 1 atom stereocenters. The van der Waals surface area contributed by atoms with Gasteiger partial charge in [-0.25, -0.2) is 4.39 Å². The van der Waals surface area contributed by atoms with Gasteiger partial charge in [-0.1, -0.05) is 67.2 Å². The number of allylic oxidation sites excluding steroid dienone is 1. The Kier molecular flexibility index (Phi) is 8.53. The average molecular weight is 543 g/mol. The van der Waals surface area contributed by atoms with Crippen molar-refractivity contribution in [3.63, 3.8) is 0 Å². The van der Waals surface area contributed by atoms with Gasteiger partial charge in [0.05, 0.1) is 14.2 Å². The second kappa shape index (κ2) is 12.0. The first kappa shape index (κ1) is 28.4. The molecular formula is C33H31FO6. The summed E-state index contributed by atoms with van der Waals surface area (Å²) >= 11 is 0. The monoisotopic (exact) mass is 542 g/mol. The molecule has 0 unspecified atom stereocenters. The summed E-state index contributed by atoms with van der Waals surface area (Å²) in [5.74, 6) is -0.905. The van der Waals surface area contributed by atoms with Crippen LogP contribution < -0.4 is 9.47 Å². The summed E-state index contributed by atoms with van der Waals surface area (Å²) in [6.07, 6.45) is 0.959. The quantitative estimate of drug-likeness (QED) is 0.119. The second-order valence-corrected chi connectivity index (χ2v) is 9.45. The third-order valence-corrected chi connectivity index (χ3v) is 7.05. The van der Waals surface area contributed by atoms with Crippen molar-refractivity contribution in [3.05, 3.63) is 120 Å². The third kappa shape index (κ3) is 5.54. The summed E-state index contributed by atoms with van der Waals surface area (Å²) in [7, 11) is 3.09. The van der Waals surface area contributed by atoms with Crippen LogP contribution in [0.25, 0.3) is 10.8 Å². The number of halogens is 1. The normalized spacial score (nSPS) is 12.7.